The summed E-state index contributed by atoms with van der Waals surface area (Å²) < 4.78 is 16.0. The fourth-order valence-corrected chi connectivity index (χ4v) is 3.03. The van der Waals surface area contributed by atoms with Gasteiger partial charge in [-0.2, -0.15) is 0 Å². The van der Waals surface area contributed by atoms with Crippen molar-refractivity contribution in [2.45, 2.75) is 20.5 Å². The van der Waals surface area contributed by atoms with Gasteiger partial charge in [-0.15, -0.1) is 0 Å². The molecule has 7 nitrogen and oxygen atoms in total. The zero-order valence-electron chi connectivity index (χ0n) is 15.3. The molecule has 1 amide bonds. The third kappa shape index (κ3) is 3.34. The van der Waals surface area contributed by atoms with Crippen LogP contribution >= 0.6 is 0 Å². The number of carbonyl (C=O) groups excluding carboxylic acids is 2. The molecule has 2 heterocycles. The molecule has 2 aromatic carbocycles. The molecule has 7 heteroatoms. The molecule has 0 radical (unpaired) electrons. The SMILES string of the molecule is Cc1cc2oc(=O)cc(COC(=O)c3ccc4c(c3)OCC(=O)N4)c2cc1C. The van der Waals surface area contributed by atoms with E-state index < -0.39 is 11.6 Å². The van der Waals surface area contributed by atoms with Crippen LogP contribution in [-0.4, -0.2) is 18.5 Å². The van der Waals surface area contributed by atoms with Gasteiger partial charge in [-0.1, -0.05) is 0 Å². The number of hydrogen-bond donors (Lipinski definition) is 1. The summed E-state index contributed by atoms with van der Waals surface area (Å²) in [7, 11) is 0. The Morgan fingerprint density at radius 3 is 2.71 bits per heavy atom. The van der Waals surface area contributed by atoms with Crippen molar-refractivity contribution in [3.8, 4) is 5.75 Å². The minimum absolute atomic E-state index is 0.0713. The summed E-state index contributed by atoms with van der Waals surface area (Å²) in [5.74, 6) is -0.400. The molecule has 0 bridgehead atoms. The average Bonchev–Trinajstić information content (AvgIpc) is 2.66. The molecular weight excluding hydrogens is 362 g/mol. The molecule has 0 saturated carbocycles. The van der Waals surface area contributed by atoms with Crippen LogP contribution in [0, 0.1) is 13.8 Å². The predicted molar refractivity (Wildman–Crippen MR) is 102 cm³/mol. The molecule has 1 aliphatic rings. The Morgan fingerprint density at radius 2 is 1.89 bits per heavy atom. The molecule has 4 rings (SSSR count). The number of ether oxygens (including phenoxy) is 2. The number of aryl methyl sites for hydroxylation is 2. The Balaban J connectivity index is 1.58. The molecule has 1 aromatic heterocycles. The van der Waals surface area contributed by atoms with Gasteiger partial charge in [0.05, 0.1) is 11.3 Å². The van der Waals surface area contributed by atoms with Gasteiger partial charge in [0.2, 0.25) is 0 Å². The number of amides is 1. The highest BCUT2D eigenvalue weighted by molar-refractivity contribution is 5.97. The lowest BCUT2D eigenvalue weighted by atomic mass is 10.0. The maximum Gasteiger partial charge on any atom is 0.338 e. The van der Waals surface area contributed by atoms with E-state index in [1.165, 1.54) is 12.1 Å². The predicted octanol–water partition coefficient (Wildman–Crippen LogP) is 3.10. The summed E-state index contributed by atoms with van der Waals surface area (Å²) in [6.45, 7) is 3.72. The topological polar surface area (TPSA) is 94.8 Å². The lowest BCUT2D eigenvalue weighted by molar-refractivity contribution is -0.118. The van der Waals surface area contributed by atoms with Crippen LogP contribution in [0.2, 0.25) is 0 Å². The normalized spacial score (nSPS) is 12.9. The molecule has 0 atom stereocenters. The van der Waals surface area contributed by atoms with Gasteiger partial charge >= 0.3 is 11.6 Å². The number of esters is 1. The number of benzene rings is 2. The van der Waals surface area contributed by atoms with Crippen LogP contribution < -0.4 is 15.7 Å². The maximum atomic E-state index is 12.4. The summed E-state index contributed by atoms with van der Waals surface area (Å²) in [5, 5.41) is 3.39. The number of anilines is 1. The molecular formula is C21H17NO6. The summed E-state index contributed by atoms with van der Waals surface area (Å²) in [6.07, 6.45) is 0. The minimum atomic E-state index is -0.562. The van der Waals surface area contributed by atoms with Crippen LogP contribution in [-0.2, 0) is 16.1 Å². The third-order valence-electron chi connectivity index (χ3n) is 4.65. The zero-order valence-corrected chi connectivity index (χ0v) is 15.3. The van der Waals surface area contributed by atoms with E-state index in [9.17, 15) is 14.4 Å². The second-order valence-corrected chi connectivity index (χ2v) is 6.65. The molecule has 1 aliphatic heterocycles. The van der Waals surface area contributed by atoms with Gasteiger partial charge in [0.15, 0.2) is 6.61 Å². The molecule has 0 saturated heterocycles. The summed E-state index contributed by atoms with van der Waals surface area (Å²) in [4.78, 5) is 35.6. The van der Waals surface area contributed by atoms with Crippen molar-refractivity contribution >= 4 is 28.5 Å². The van der Waals surface area contributed by atoms with E-state index in [2.05, 4.69) is 5.32 Å². The van der Waals surface area contributed by atoms with Crippen LogP contribution in [0.5, 0.6) is 5.75 Å². The Labute approximate surface area is 159 Å². The fraction of sp³-hybridized carbons (Fsp3) is 0.190. The first-order valence-corrected chi connectivity index (χ1v) is 8.68. The van der Waals surface area contributed by atoms with Gasteiger partial charge in [-0.25, -0.2) is 9.59 Å². The van der Waals surface area contributed by atoms with Gasteiger partial charge in [-0.05, 0) is 55.3 Å². The van der Waals surface area contributed by atoms with Crippen molar-refractivity contribution in [1.82, 2.24) is 0 Å². The third-order valence-corrected chi connectivity index (χ3v) is 4.65. The van der Waals surface area contributed by atoms with Crippen molar-refractivity contribution in [3.05, 3.63) is 69.1 Å². The monoisotopic (exact) mass is 379 g/mol. The van der Waals surface area contributed by atoms with Crippen LogP contribution in [0.25, 0.3) is 11.0 Å². The number of nitrogens with one attached hydrogen (secondary N) is 1. The first-order chi connectivity index (χ1) is 13.4. The van der Waals surface area contributed by atoms with E-state index in [-0.39, 0.29) is 24.7 Å². The van der Waals surface area contributed by atoms with Gasteiger partial charge in [0.1, 0.15) is 17.9 Å². The first-order valence-electron chi connectivity index (χ1n) is 8.68. The smallest absolute Gasteiger partial charge is 0.338 e. The summed E-state index contributed by atoms with van der Waals surface area (Å²) in [5.41, 5.74) is 3.37. The molecule has 1 N–H and O–H groups in total. The molecule has 142 valence electrons. The molecule has 0 aliphatic carbocycles. The van der Waals surface area contributed by atoms with Gasteiger partial charge in [0.25, 0.3) is 5.91 Å². The second kappa shape index (κ2) is 6.84. The van der Waals surface area contributed by atoms with Crippen LogP contribution in [0.3, 0.4) is 0 Å². The standard InChI is InChI=1S/C21H17NO6/c1-11-5-15-14(8-20(24)28-17(15)6-12(11)2)9-27-21(25)13-3-4-16-18(7-13)26-10-19(23)22-16/h3-8H,9-10H2,1-2H3,(H,22,23). The van der Waals surface area contributed by atoms with Crippen LogP contribution in [0.4, 0.5) is 5.69 Å². The Hall–Kier alpha value is -3.61. The maximum absolute atomic E-state index is 12.4. The number of hydrogen-bond acceptors (Lipinski definition) is 6. The number of rotatable bonds is 3. The lowest BCUT2D eigenvalue weighted by Gasteiger charge is -2.18. The van der Waals surface area contributed by atoms with Crippen molar-refractivity contribution in [3.63, 3.8) is 0 Å². The van der Waals surface area contributed by atoms with Gasteiger partial charge in [-0.3, -0.25) is 4.79 Å². The van der Waals surface area contributed by atoms with Gasteiger partial charge in [0, 0.05) is 17.0 Å². The Kier molecular flexibility index (Phi) is 4.35. The van der Waals surface area contributed by atoms with Crippen molar-refractivity contribution < 1.29 is 23.5 Å². The molecule has 0 unspecified atom stereocenters. The molecule has 0 spiro atoms. The van der Waals surface area contributed by atoms with Crippen molar-refractivity contribution in [2.75, 3.05) is 11.9 Å². The minimum Gasteiger partial charge on any atom is -0.482 e. The highest BCUT2D eigenvalue weighted by Crippen LogP contribution is 2.29. The van der Waals surface area contributed by atoms with Crippen LogP contribution in [0.15, 0.2) is 45.6 Å². The lowest BCUT2D eigenvalue weighted by Crippen LogP contribution is -2.25. The summed E-state index contributed by atoms with van der Waals surface area (Å²) >= 11 is 0. The number of fused-ring (bicyclic) bond motifs is 2. The molecule has 3 aromatic rings. The summed E-state index contributed by atoms with van der Waals surface area (Å²) in [6, 6.07) is 9.68. The van der Waals surface area contributed by atoms with E-state index in [0.717, 1.165) is 16.5 Å². The number of carbonyl (C=O) groups is 2. The molecule has 0 fully saturated rings. The van der Waals surface area contributed by atoms with E-state index >= 15 is 0 Å². The van der Waals surface area contributed by atoms with E-state index in [1.54, 1.807) is 18.2 Å². The van der Waals surface area contributed by atoms with E-state index in [1.807, 2.05) is 19.9 Å². The fourth-order valence-electron chi connectivity index (χ4n) is 3.03. The zero-order chi connectivity index (χ0) is 19.8. The highest BCUT2D eigenvalue weighted by atomic mass is 16.5. The second-order valence-electron chi connectivity index (χ2n) is 6.65. The quantitative estimate of drug-likeness (QED) is 0.555. The van der Waals surface area contributed by atoms with E-state index in [4.69, 9.17) is 13.9 Å². The van der Waals surface area contributed by atoms with Crippen LogP contribution in [0.1, 0.15) is 27.0 Å². The molecule has 28 heavy (non-hydrogen) atoms. The van der Waals surface area contributed by atoms with E-state index in [0.29, 0.717) is 22.6 Å². The Bertz CT molecular complexity index is 1180. The largest absolute Gasteiger partial charge is 0.482 e. The highest BCUT2D eigenvalue weighted by Gasteiger charge is 2.19. The van der Waals surface area contributed by atoms with Gasteiger partial charge < -0.3 is 19.2 Å². The average molecular weight is 379 g/mol. The first kappa shape index (κ1) is 17.8. The Morgan fingerprint density at radius 1 is 1.11 bits per heavy atom. The van der Waals surface area contributed by atoms with Crippen molar-refractivity contribution in [1.29, 1.82) is 0 Å². The van der Waals surface area contributed by atoms with Crippen molar-refractivity contribution in [2.24, 2.45) is 0 Å².